The van der Waals surface area contributed by atoms with Crippen molar-refractivity contribution in [2.24, 2.45) is 0 Å². The Morgan fingerprint density at radius 3 is 3.10 bits per heavy atom. The number of hydrogen-bond donors (Lipinski definition) is 2. The van der Waals surface area contributed by atoms with Crippen molar-refractivity contribution in [3.63, 3.8) is 0 Å². The van der Waals surface area contributed by atoms with E-state index >= 15 is 0 Å². The molecular formula is C15H15N3O2. The van der Waals surface area contributed by atoms with Crippen LogP contribution in [-0.4, -0.2) is 40.3 Å². The summed E-state index contributed by atoms with van der Waals surface area (Å²) in [6, 6.07) is 7.80. The van der Waals surface area contributed by atoms with Gasteiger partial charge in [0.15, 0.2) is 0 Å². The zero-order valence-electron chi connectivity index (χ0n) is 10.9. The van der Waals surface area contributed by atoms with E-state index in [-0.39, 0.29) is 23.9 Å². The third-order valence-electron chi connectivity index (χ3n) is 4.35. The zero-order valence-corrected chi connectivity index (χ0v) is 10.9. The molecule has 5 heteroatoms. The van der Waals surface area contributed by atoms with Gasteiger partial charge in [-0.1, -0.05) is 0 Å². The van der Waals surface area contributed by atoms with Gasteiger partial charge < -0.3 is 15.2 Å². The largest absolute Gasteiger partial charge is 0.361 e. The summed E-state index contributed by atoms with van der Waals surface area (Å²) in [5.74, 6) is 0.0793. The number of aromatic nitrogens is 1. The number of aromatic amines is 1. The number of carbonyl (C=O) groups excluding carboxylic acids is 2. The van der Waals surface area contributed by atoms with Gasteiger partial charge in [-0.15, -0.1) is 0 Å². The normalized spacial score (nSPS) is 25.0. The molecule has 20 heavy (non-hydrogen) atoms. The number of nitrogens with zero attached hydrogens (tertiary/aromatic N) is 1. The average Bonchev–Trinajstić information content (AvgIpc) is 3.11. The summed E-state index contributed by atoms with van der Waals surface area (Å²) < 4.78 is 0. The Bertz CT molecular complexity index is 706. The zero-order chi connectivity index (χ0) is 13.7. The lowest BCUT2D eigenvalue weighted by Gasteiger charge is -2.22. The predicted molar refractivity (Wildman–Crippen MR) is 74.3 cm³/mol. The van der Waals surface area contributed by atoms with Crippen LogP contribution in [0.4, 0.5) is 0 Å². The fraction of sp³-hybridized carbons (Fsp3) is 0.333. The first-order valence-corrected chi connectivity index (χ1v) is 6.90. The van der Waals surface area contributed by atoms with E-state index in [4.69, 9.17) is 0 Å². The lowest BCUT2D eigenvalue weighted by Crippen LogP contribution is -2.38. The fourth-order valence-corrected chi connectivity index (χ4v) is 3.33. The summed E-state index contributed by atoms with van der Waals surface area (Å²) in [5, 5.41) is 3.97. The molecule has 2 N–H and O–H groups in total. The molecule has 4 rings (SSSR count). The lowest BCUT2D eigenvalue weighted by atomic mass is 10.1. The van der Waals surface area contributed by atoms with Crippen molar-refractivity contribution in [3.05, 3.63) is 36.0 Å². The number of rotatable bonds is 1. The van der Waals surface area contributed by atoms with Crippen LogP contribution in [0.25, 0.3) is 10.9 Å². The quantitative estimate of drug-likeness (QED) is 0.819. The molecule has 2 saturated heterocycles. The number of likely N-dealkylation sites (tertiary alicyclic amines) is 1. The topological polar surface area (TPSA) is 65.2 Å². The lowest BCUT2D eigenvalue weighted by molar-refractivity contribution is -0.119. The highest BCUT2D eigenvalue weighted by Crippen LogP contribution is 2.27. The Hall–Kier alpha value is -2.30. The van der Waals surface area contributed by atoms with Crippen LogP contribution in [0, 0.1) is 0 Å². The Balaban J connectivity index is 1.64. The first-order valence-electron chi connectivity index (χ1n) is 6.90. The van der Waals surface area contributed by atoms with Crippen molar-refractivity contribution in [3.8, 4) is 0 Å². The van der Waals surface area contributed by atoms with Crippen molar-refractivity contribution in [1.82, 2.24) is 15.2 Å². The molecule has 2 atom stereocenters. The van der Waals surface area contributed by atoms with Crippen LogP contribution in [0.15, 0.2) is 30.5 Å². The number of fused-ring (bicyclic) bond motifs is 2. The Morgan fingerprint density at radius 1 is 1.30 bits per heavy atom. The molecule has 5 nitrogen and oxygen atoms in total. The molecule has 0 radical (unpaired) electrons. The van der Waals surface area contributed by atoms with Crippen molar-refractivity contribution in [2.45, 2.75) is 24.9 Å². The fourth-order valence-electron chi connectivity index (χ4n) is 3.33. The van der Waals surface area contributed by atoms with Crippen molar-refractivity contribution in [1.29, 1.82) is 0 Å². The minimum atomic E-state index is 0.0249. The highest BCUT2D eigenvalue weighted by atomic mass is 16.2. The van der Waals surface area contributed by atoms with Gasteiger partial charge in [0, 0.05) is 35.6 Å². The predicted octanol–water partition coefficient (Wildman–Crippen LogP) is 1.27. The number of carbonyl (C=O) groups is 2. The summed E-state index contributed by atoms with van der Waals surface area (Å²) >= 11 is 0. The van der Waals surface area contributed by atoms with Crippen LogP contribution in [0.5, 0.6) is 0 Å². The van der Waals surface area contributed by atoms with E-state index in [1.807, 2.05) is 35.4 Å². The Labute approximate surface area is 115 Å². The minimum absolute atomic E-state index is 0.0249. The van der Waals surface area contributed by atoms with Gasteiger partial charge in [-0.3, -0.25) is 9.59 Å². The SMILES string of the molecule is O=C1C[C@H]2[C@@H](CCN2C(=O)c2ccc3[nH]ccc3c2)N1. The van der Waals surface area contributed by atoms with Gasteiger partial charge in [0.2, 0.25) is 5.91 Å². The molecule has 2 amide bonds. The van der Waals surface area contributed by atoms with E-state index < -0.39 is 0 Å². The average molecular weight is 269 g/mol. The highest BCUT2D eigenvalue weighted by Gasteiger charge is 2.43. The minimum Gasteiger partial charge on any atom is -0.361 e. The van der Waals surface area contributed by atoms with E-state index in [2.05, 4.69) is 10.3 Å². The van der Waals surface area contributed by atoms with Crippen molar-refractivity contribution >= 4 is 22.7 Å². The standard InChI is InChI=1S/C15H15N3O2/c19-14-8-13-12(17-14)4-6-18(13)15(20)10-1-2-11-9(7-10)3-5-16-11/h1-3,5,7,12-13,16H,4,6,8H2,(H,17,19)/t12-,13+/m1/s1. The molecule has 0 saturated carbocycles. The summed E-state index contributed by atoms with van der Waals surface area (Å²) in [6.45, 7) is 0.722. The first-order chi connectivity index (χ1) is 9.72. The van der Waals surface area contributed by atoms with Gasteiger partial charge in [-0.05, 0) is 30.7 Å². The second kappa shape index (κ2) is 4.10. The number of benzene rings is 1. The molecule has 0 aliphatic carbocycles. The molecule has 102 valence electrons. The monoisotopic (exact) mass is 269 g/mol. The maximum absolute atomic E-state index is 12.6. The maximum Gasteiger partial charge on any atom is 0.254 e. The Kier molecular flexibility index (Phi) is 2.36. The second-order valence-corrected chi connectivity index (χ2v) is 5.51. The summed E-state index contributed by atoms with van der Waals surface area (Å²) in [5.41, 5.74) is 1.72. The van der Waals surface area contributed by atoms with Gasteiger partial charge in [-0.25, -0.2) is 0 Å². The van der Waals surface area contributed by atoms with Crippen LogP contribution >= 0.6 is 0 Å². The first kappa shape index (κ1) is 11.5. The van der Waals surface area contributed by atoms with E-state index in [0.29, 0.717) is 12.0 Å². The molecule has 2 aromatic rings. The Morgan fingerprint density at radius 2 is 2.20 bits per heavy atom. The number of nitrogens with one attached hydrogen (secondary N) is 2. The van der Waals surface area contributed by atoms with E-state index in [1.54, 1.807) is 0 Å². The summed E-state index contributed by atoms with van der Waals surface area (Å²) in [6.07, 6.45) is 3.15. The van der Waals surface area contributed by atoms with Crippen LogP contribution in [0.1, 0.15) is 23.2 Å². The second-order valence-electron chi connectivity index (χ2n) is 5.51. The molecule has 0 spiro atoms. The molecular weight excluding hydrogens is 254 g/mol. The van der Waals surface area contributed by atoms with Gasteiger partial charge in [0.25, 0.3) is 5.91 Å². The van der Waals surface area contributed by atoms with E-state index in [1.165, 1.54) is 0 Å². The summed E-state index contributed by atoms with van der Waals surface area (Å²) in [4.78, 5) is 29.0. The highest BCUT2D eigenvalue weighted by molar-refractivity contribution is 5.99. The summed E-state index contributed by atoms with van der Waals surface area (Å²) in [7, 11) is 0. The molecule has 2 aliphatic heterocycles. The smallest absolute Gasteiger partial charge is 0.254 e. The molecule has 0 bridgehead atoms. The number of amides is 2. The van der Waals surface area contributed by atoms with Crippen LogP contribution in [0.3, 0.4) is 0 Å². The number of hydrogen-bond acceptors (Lipinski definition) is 2. The maximum atomic E-state index is 12.6. The third-order valence-corrected chi connectivity index (χ3v) is 4.35. The molecule has 0 unspecified atom stereocenters. The van der Waals surface area contributed by atoms with E-state index in [9.17, 15) is 9.59 Å². The van der Waals surface area contributed by atoms with Gasteiger partial charge >= 0.3 is 0 Å². The van der Waals surface area contributed by atoms with E-state index in [0.717, 1.165) is 23.9 Å². The molecule has 3 heterocycles. The van der Waals surface area contributed by atoms with Crippen LogP contribution < -0.4 is 5.32 Å². The van der Waals surface area contributed by atoms with Gasteiger partial charge in [0.1, 0.15) is 0 Å². The van der Waals surface area contributed by atoms with Crippen molar-refractivity contribution in [2.75, 3.05) is 6.54 Å². The molecule has 1 aromatic heterocycles. The molecule has 1 aromatic carbocycles. The molecule has 2 aliphatic rings. The van der Waals surface area contributed by atoms with Crippen LogP contribution in [-0.2, 0) is 4.79 Å². The molecule has 2 fully saturated rings. The van der Waals surface area contributed by atoms with Crippen molar-refractivity contribution < 1.29 is 9.59 Å². The van der Waals surface area contributed by atoms with Crippen LogP contribution in [0.2, 0.25) is 0 Å². The third kappa shape index (κ3) is 1.62. The van der Waals surface area contributed by atoms with Gasteiger partial charge in [-0.2, -0.15) is 0 Å². The number of H-pyrrole nitrogens is 1. The van der Waals surface area contributed by atoms with Gasteiger partial charge in [0.05, 0.1) is 12.1 Å².